The fourth-order valence-corrected chi connectivity index (χ4v) is 2.84. The van der Waals surface area contributed by atoms with E-state index < -0.39 is 24.5 Å². The Morgan fingerprint density at radius 2 is 1.59 bits per heavy atom. The quantitative estimate of drug-likeness (QED) is 0.523. The number of hydrogen-bond donors (Lipinski definition) is 0. The van der Waals surface area contributed by atoms with Gasteiger partial charge in [-0.15, -0.1) is 0 Å². The molecule has 0 aliphatic carbocycles. The van der Waals surface area contributed by atoms with E-state index in [4.69, 9.17) is 9.15 Å². The molecule has 7 nitrogen and oxygen atoms in total. The summed E-state index contributed by atoms with van der Waals surface area (Å²) in [6.45, 7) is 1.11. The molecule has 0 fully saturated rings. The summed E-state index contributed by atoms with van der Waals surface area (Å²) in [5, 5.41) is 0. The second-order valence-electron chi connectivity index (χ2n) is 5.93. The van der Waals surface area contributed by atoms with Gasteiger partial charge in [0, 0.05) is 5.56 Å². The Kier molecular flexibility index (Phi) is 4.04. The highest BCUT2D eigenvalue weighted by atomic mass is 16.5. The number of rotatable bonds is 4. The van der Waals surface area contributed by atoms with Crippen molar-refractivity contribution in [2.45, 2.75) is 6.92 Å². The third kappa shape index (κ3) is 2.89. The number of oxazole rings is 1. The lowest BCUT2D eigenvalue weighted by atomic mass is 10.1. The molecule has 3 aromatic rings. The minimum Gasteiger partial charge on any atom is -0.441 e. The molecule has 0 saturated heterocycles. The van der Waals surface area contributed by atoms with E-state index in [9.17, 15) is 14.4 Å². The van der Waals surface area contributed by atoms with E-state index in [2.05, 4.69) is 4.98 Å². The number of hydrogen-bond acceptors (Lipinski definition) is 6. The maximum atomic E-state index is 12.4. The summed E-state index contributed by atoms with van der Waals surface area (Å²) in [4.78, 5) is 42.0. The van der Waals surface area contributed by atoms with Crippen LogP contribution in [0.15, 0.2) is 59.0 Å². The minimum absolute atomic E-state index is 0.00506. The van der Waals surface area contributed by atoms with Crippen molar-refractivity contribution in [3.63, 3.8) is 0 Å². The van der Waals surface area contributed by atoms with Crippen LogP contribution in [-0.4, -0.2) is 34.4 Å². The van der Waals surface area contributed by atoms with E-state index in [-0.39, 0.29) is 5.69 Å². The van der Waals surface area contributed by atoms with E-state index in [1.165, 1.54) is 0 Å². The molecular formula is C20H14N2O5. The van der Waals surface area contributed by atoms with E-state index in [0.717, 1.165) is 10.5 Å². The Balaban J connectivity index is 1.49. The number of amides is 2. The zero-order chi connectivity index (χ0) is 19.0. The zero-order valence-corrected chi connectivity index (χ0v) is 14.3. The highest BCUT2D eigenvalue weighted by Gasteiger charge is 2.36. The van der Waals surface area contributed by atoms with Gasteiger partial charge in [-0.1, -0.05) is 30.3 Å². The van der Waals surface area contributed by atoms with Gasteiger partial charge in [-0.3, -0.25) is 9.59 Å². The van der Waals surface area contributed by atoms with Crippen molar-refractivity contribution in [2.75, 3.05) is 6.73 Å². The number of nitrogens with zero attached hydrogens (tertiary/aromatic N) is 2. The number of carbonyl (C=O) groups excluding carboxylic acids is 3. The molecule has 1 aromatic heterocycles. The summed E-state index contributed by atoms with van der Waals surface area (Å²) < 4.78 is 10.7. The molecule has 1 aliphatic rings. The van der Waals surface area contributed by atoms with Crippen LogP contribution in [0.4, 0.5) is 0 Å². The number of aryl methyl sites for hydroxylation is 1. The van der Waals surface area contributed by atoms with Gasteiger partial charge in [-0.05, 0) is 31.2 Å². The molecule has 27 heavy (non-hydrogen) atoms. The molecular weight excluding hydrogens is 348 g/mol. The average Bonchev–Trinajstić information content (AvgIpc) is 3.20. The molecule has 0 atom stereocenters. The summed E-state index contributed by atoms with van der Waals surface area (Å²) in [5.74, 6) is -1.17. The summed E-state index contributed by atoms with van der Waals surface area (Å²) in [5.41, 5.74) is 1.32. The van der Waals surface area contributed by atoms with Crippen LogP contribution >= 0.6 is 0 Å². The van der Waals surface area contributed by atoms with E-state index >= 15 is 0 Å². The zero-order valence-electron chi connectivity index (χ0n) is 14.3. The average molecular weight is 362 g/mol. The molecule has 2 aromatic carbocycles. The fraction of sp³-hybridized carbons (Fsp3) is 0.100. The molecule has 0 unspecified atom stereocenters. The van der Waals surface area contributed by atoms with Gasteiger partial charge in [0.15, 0.2) is 12.4 Å². The van der Waals surface area contributed by atoms with Crippen LogP contribution in [0, 0.1) is 6.92 Å². The largest absolute Gasteiger partial charge is 0.441 e. The number of imide groups is 1. The van der Waals surface area contributed by atoms with Gasteiger partial charge in [-0.25, -0.2) is 14.7 Å². The Bertz CT molecular complexity index is 1020. The van der Waals surface area contributed by atoms with Crippen LogP contribution in [0.25, 0.3) is 11.5 Å². The SMILES string of the molecule is Cc1oc(-c2ccccc2)nc1C(=O)OCN1C(=O)c2ccccc2C1=O. The Hall–Kier alpha value is -3.74. The van der Waals surface area contributed by atoms with E-state index in [1.807, 2.05) is 18.2 Å². The second-order valence-corrected chi connectivity index (χ2v) is 5.93. The Morgan fingerprint density at radius 3 is 2.22 bits per heavy atom. The van der Waals surface area contributed by atoms with E-state index in [1.54, 1.807) is 43.3 Å². The van der Waals surface area contributed by atoms with Crippen molar-refractivity contribution < 1.29 is 23.5 Å². The summed E-state index contributed by atoms with van der Waals surface area (Å²) >= 11 is 0. The number of esters is 1. The first kappa shape index (κ1) is 16.7. The number of fused-ring (bicyclic) bond motifs is 1. The maximum absolute atomic E-state index is 12.4. The Morgan fingerprint density at radius 1 is 1.00 bits per heavy atom. The lowest BCUT2D eigenvalue weighted by Crippen LogP contribution is -2.33. The van der Waals surface area contributed by atoms with Crippen molar-refractivity contribution in [2.24, 2.45) is 0 Å². The predicted molar refractivity (Wildman–Crippen MR) is 93.9 cm³/mol. The standard InChI is InChI=1S/C20H14N2O5/c1-12-16(21-17(27-12)13-7-3-2-4-8-13)20(25)26-11-22-18(23)14-9-5-6-10-15(14)19(22)24/h2-10H,11H2,1H3. The smallest absolute Gasteiger partial charge is 0.362 e. The molecule has 2 amide bonds. The highest BCUT2D eigenvalue weighted by Crippen LogP contribution is 2.24. The molecule has 0 radical (unpaired) electrons. The number of ether oxygens (including phenoxy) is 1. The molecule has 1 aliphatic heterocycles. The number of benzene rings is 2. The van der Waals surface area contributed by atoms with Crippen LogP contribution in [0.5, 0.6) is 0 Å². The first-order valence-corrected chi connectivity index (χ1v) is 8.21. The monoisotopic (exact) mass is 362 g/mol. The number of carbonyl (C=O) groups is 3. The fourth-order valence-electron chi connectivity index (χ4n) is 2.84. The van der Waals surface area contributed by atoms with Gasteiger partial charge in [0.2, 0.25) is 5.89 Å². The van der Waals surface area contributed by atoms with Crippen LogP contribution in [0.1, 0.15) is 37.0 Å². The number of aromatic nitrogens is 1. The normalized spacial score (nSPS) is 13.0. The highest BCUT2D eigenvalue weighted by molar-refractivity contribution is 6.21. The van der Waals surface area contributed by atoms with Crippen molar-refractivity contribution in [3.05, 3.63) is 77.2 Å². The molecule has 134 valence electrons. The van der Waals surface area contributed by atoms with Gasteiger partial charge < -0.3 is 9.15 Å². The van der Waals surface area contributed by atoms with Crippen molar-refractivity contribution >= 4 is 17.8 Å². The van der Waals surface area contributed by atoms with Gasteiger partial charge in [-0.2, -0.15) is 0 Å². The van der Waals surface area contributed by atoms with Crippen LogP contribution in [-0.2, 0) is 4.74 Å². The molecule has 0 spiro atoms. The van der Waals surface area contributed by atoms with Gasteiger partial charge >= 0.3 is 5.97 Å². The molecule has 2 heterocycles. The summed E-state index contributed by atoms with van der Waals surface area (Å²) in [6, 6.07) is 15.6. The first-order valence-electron chi connectivity index (χ1n) is 8.21. The van der Waals surface area contributed by atoms with Crippen molar-refractivity contribution in [1.29, 1.82) is 0 Å². The topological polar surface area (TPSA) is 89.7 Å². The van der Waals surface area contributed by atoms with Crippen LogP contribution in [0.3, 0.4) is 0 Å². The predicted octanol–water partition coefficient (Wildman–Crippen LogP) is 3.06. The Labute approximate surface area is 154 Å². The molecule has 0 bridgehead atoms. The molecule has 4 rings (SSSR count). The second kappa shape index (κ2) is 6.53. The summed E-state index contributed by atoms with van der Waals surface area (Å²) in [6.07, 6.45) is 0. The third-order valence-corrected chi connectivity index (χ3v) is 4.21. The minimum atomic E-state index is -0.769. The van der Waals surface area contributed by atoms with Crippen LogP contribution < -0.4 is 0 Å². The molecule has 7 heteroatoms. The van der Waals surface area contributed by atoms with Gasteiger partial charge in [0.1, 0.15) is 5.76 Å². The third-order valence-electron chi connectivity index (χ3n) is 4.21. The molecule has 0 N–H and O–H groups in total. The van der Waals surface area contributed by atoms with E-state index in [0.29, 0.717) is 22.8 Å². The van der Waals surface area contributed by atoms with Gasteiger partial charge in [0.05, 0.1) is 11.1 Å². The van der Waals surface area contributed by atoms with Crippen molar-refractivity contribution in [1.82, 2.24) is 9.88 Å². The lowest BCUT2D eigenvalue weighted by molar-refractivity contribution is 0.0223. The van der Waals surface area contributed by atoms with Crippen molar-refractivity contribution in [3.8, 4) is 11.5 Å². The van der Waals surface area contributed by atoms with Crippen LogP contribution in [0.2, 0.25) is 0 Å². The summed E-state index contributed by atoms with van der Waals surface area (Å²) in [7, 11) is 0. The molecule has 0 saturated carbocycles. The maximum Gasteiger partial charge on any atom is 0.362 e. The lowest BCUT2D eigenvalue weighted by Gasteiger charge is -2.13. The van der Waals surface area contributed by atoms with Gasteiger partial charge in [0.25, 0.3) is 11.8 Å². The first-order chi connectivity index (χ1) is 13.1.